The van der Waals surface area contributed by atoms with E-state index in [0.29, 0.717) is 12.1 Å². The molecule has 0 bridgehead atoms. The van der Waals surface area contributed by atoms with Crippen LogP contribution in [-0.2, 0) is 4.74 Å². The summed E-state index contributed by atoms with van der Waals surface area (Å²) < 4.78 is 6.92. The molecular formula is C18H23N3O4. The van der Waals surface area contributed by atoms with Crippen LogP contribution in [0.25, 0.3) is 10.9 Å². The molecule has 0 radical (unpaired) electrons. The van der Waals surface area contributed by atoms with Crippen molar-refractivity contribution in [2.75, 3.05) is 13.7 Å². The average molecular weight is 345 g/mol. The van der Waals surface area contributed by atoms with Crippen LogP contribution in [0.4, 0.5) is 5.69 Å². The number of aromatic nitrogens is 2. The lowest BCUT2D eigenvalue weighted by Crippen LogP contribution is -2.32. The minimum atomic E-state index is -0.489. The lowest BCUT2D eigenvalue weighted by molar-refractivity contribution is -0.384. The van der Waals surface area contributed by atoms with Crippen LogP contribution in [-0.4, -0.2) is 28.2 Å². The molecule has 25 heavy (non-hydrogen) atoms. The highest BCUT2D eigenvalue weighted by atomic mass is 16.6. The van der Waals surface area contributed by atoms with Crippen LogP contribution < -0.4 is 5.56 Å². The van der Waals surface area contributed by atoms with Crippen LogP contribution in [0, 0.1) is 10.1 Å². The molecule has 1 aliphatic carbocycles. The number of non-ortho nitro benzene ring substituents is 1. The number of rotatable bonds is 5. The highest BCUT2D eigenvalue weighted by Crippen LogP contribution is 2.33. The number of hydrogen-bond donors (Lipinski definition) is 0. The lowest BCUT2D eigenvalue weighted by atomic mass is 9.88. The van der Waals surface area contributed by atoms with Crippen molar-refractivity contribution in [3.63, 3.8) is 0 Å². The van der Waals surface area contributed by atoms with E-state index in [0.717, 1.165) is 31.5 Å². The van der Waals surface area contributed by atoms with Gasteiger partial charge in [0.05, 0.1) is 28.5 Å². The van der Waals surface area contributed by atoms with E-state index in [4.69, 9.17) is 9.72 Å². The second-order valence-electron chi connectivity index (χ2n) is 6.74. The second-order valence-corrected chi connectivity index (χ2v) is 6.74. The van der Waals surface area contributed by atoms with E-state index < -0.39 is 4.92 Å². The molecule has 1 atom stereocenters. The first-order valence-corrected chi connectivity index (χ1v) is 8.72. The van der Waals surface area contributed by atoms with Gasteiger partial charge in [-0.2, -0.15) is 0 Å². The Kier molecular flexibility index (Phi) is 5.13. The summed E-state index contributed by atoms with van der Waals surface area (Å²) in [6, 6.07) is 4.13. The summed E-state index contributed by atoms with van der Waals surface area (Å²) in [7, 11) is 1.60. The first kappa shape index (κ1) is 17.5. The molecule has 0 saturated heterocycles. The Morgan fingerprint density at radius 3 is 2.72 bits per heavy atom. The van der Waals surface area contributed by atoms with Gasteiger partial charge in [0.1, 0.15) is 5.82 Å². The molecule has 1 aromatic carbocycles. The molecule has 2 aromatic rings. The standard InChI is InChI=1S/C18H23N3O4/c1-12(11-25-2)20-17(13-6-4-3-5-7-13)19-16-9-8-14(21(23)24)10-15(16)18(20)22/h8-10,12-13H,3-7,11H2,1-2H3. The third-order valence-electron chi connectivity index (χ3n) is 4.94. The Balaban J connectivity index is 2.22. The number of methoxy groups -OCH3 is 1. The van der Waals surface area contributed by atoms with Gasteiger partial charge >= 0.3 is 0 Å². The van der Waals surface area contributed by atoms with E-state index in [1.807, 2.05) is 6.92 Å². The molecule has 7 nitrogen and oxygen atoms in total. The molecule has 1 aromatic heterocycles. The van der Waals surface area contributed by atoms with Gasteiger partial charge in [-0.25, -0.2) is 4.98 Å². The number of hydrogen-bond acceptors (Lipinski definition) is 5. The van der Waals surface area contributed by atoms with Crippen molar-refractivity contribution in [1.29, 1.82) is 0 Å². The molecule has 0 amide bonds. The van der Waals surface area contributed by atoms with Crippen LogP contribution >= 0.6 is 0 Å². The summed E-state index contributed by atoms with van der Waals surface area (Å²) >= 11 is 0. The highest BCUT2D eigenvalue weighted by molar-refractivity contribution is 5.80. The molecule has 1 saturated carbocycles. The normalized spacial score (nSPS) is 16.9. The monoisotopic (exact) mass is 345 g/mol. The van der Waals surface area contributed by atoms with Crippen molar-refractivity contribution < 1.29 is 9.66 Å². The fraction of sp³-hybridized carbons (Fsp3) is 0.556. The highest BCUT2D eigenvalue weighted by Gasteiger charge is 2.25. The van der Waals surface area contributed by atoms with Crippen molar-refractivity contribution in [2.24, 2.45) is 0 Å². The number of nitrogens with zero attached hydrogens (tertiary/aromatic N) is 3. The topological polar surface area (TPSA) is 87.3 Å². The van der Waals surface area contributed by atoms with Crippen molar-refractivity contribution in [3.05, 3.63) is 44.5 Å². The van der Waals surface area contributed by atoms with Gasteiger partial charge in [-0.3, -0.25) is 19.5 Å². The van der Waals surface area contributed by atoms with Crippen molar-refractivity contribution >= 4 is 16.6 Å². The zero-order chi connectivity index (χ0) is 18.0. The first-order chi connectivity index (χ1) is 12.0. The maximum atomic E-state index is 13.1. The minimum Gasteiger partial charge on any atom is -0.383 e. The summed E-state index contributed by atoms with van der Waals surface area (Å²) in [5, 5.41) is 11.3. The van der Waals surface area contributed by atoms with Gasteiger partial charge in [0.15, 0.2) is 0 Å². The average Bonchev–Trinajstić information content (AvgIpc) is 2.62. The molecule has 1 unspecified atom stereocenters. The zero-order valence-electron chi connectivity index (χ0n) is 14.6. The Morgan fingerprint density at radius 1 is 1.36 bits per heavy atom. The molecule has 1 heterocycles. The predicted octanol–water partition coefficient (Wildman–Crippen LogP) is 3.56. The fourth-order valence-corrected chi connectivity index (χ4v) is 3.71. The summed E-state index contributed by atoms with van der Waals surface area (Å²) in [6.45, 7) is 2.31. The van der Waals surface area contributed by atoms with E-state index in [9.17, 15) is 14.9 Å². The molecular weight excluding hydrogens is 322 g/mol. The van der Waals surface area contributed by atoms with Gasteiger partial charge in [-0.1, -0.05) is 19.3 Å². The summed E-state index contributed by atoms with van der Waals surface area (Å²) in [5.41, 5.74) is 0.207. The summed E-state index contributed by atoms with van der Waals surface area (Å²) in [5.74, 6) is 1.04. The van der Waals surface area contributed by atoms with Crippen LogP contribution in [0.5, 0.6) is 0 Å². The predicted molar refractivity (Wildman–Crippen MR) is 95.1 cm³/mol. The Labute approximate surface area is 145 Å². The van der Waals surface area contributed by atoms with Gasteiger partial charge in [-0.15, -0.1) is 0 Å². The maximum Gasteiger partial charge on any atom is 0.270 e. The van der Waals surface area contributed by atoms with Gasteiger partial charge < -0.3 is 4.74 Å². The SMILES string of the molecule is COCC(C)n1c(C2CCCCC2)nc2ccc([N+](=O)[O-])cc2c1=O. The molecule has 1 fully saturated rings. The smallest absolute Gasteiger partial charge is 0.270 e. The fourth-order valence-electron chi connectivity index (χ4n) is 3.71. The van der Waals surface area contributed by atoms with Crippen LogP contribution in [0.15, 0.2) is 23.0 Å². The molecule has 0 spiro atoms. The van der Waals surface area contributed by atoms with E-state index in [1.54, 1.807) is 17.7 Å². The van der Waals surface area contributed by atoms with Crippen LogP contribution in [0.3, 0.4) is 0 Å². The van der Waals surface area contributed by atoms with E-state index in [1.165, 1.54) is 18.6 Å². The van der Waals surface area contributed by atoms with Gasteiger partial charge in [0.25, 0.3) is 11.2 Å². The van der Waals surface area contributed by atoms with Crippen molar-refractivity contribution in [3.8, 4) is 0 Å². The maximum absolute atomic E-state index is 13.1. The summed E-state index contributed by atoms with van der Waals surface area (Å²) in [6.07, 6.45) is 5.53. The van der Waals surface area contributed by atoms with Gasteiger partial charge in [0.2, 0.25) is 0 Å². The number of nitro benzene ring substituents is 1. The third kappa shape index (κ3) is 3.42. The molecule has 134 valence electrons. The largest absolute Gasteiger partial charge is 0.383 e. The van der Waals surface area contributed by atoms with Crippen LogP contribution in [0.2, 0.25) is 0 Å². The third-order valence-corrected chi connectivity index (χ3v) is 4.94. The molecule has 7 heteroatoms. The van der Waals surface area contributed by atoms with Crippen molar-refractivity contribution in [1.82, 2.24) is 9.55 Å². The number of fused-ring (bicyclic) bond motifs is 1. The number of nitro groups is 1. The number of benzene rings is 1. The van der Waals surface area contributed by atoms with Gasteiger partial charge in [-0.05, 0) is 25.8 Å². The minimum absolute atomic E-state index is 0.0947. The van der Waals surface area contributed by atoms with E-state index in [2.05, 4.69) is 0 Å². The second kappa shape index (κ2) is 7.31. The Hall–Kier alpha value is -2.28. The van der Waals surface area contributed by atoms with Gasteiger partial charge in [0, 0.05) is 25.2 Å². The Morgan fingerprint density at radius 2 is 2.08 bits per heavy atom. The number of ether oxygens (including phenoxy) is 1. The zero-order valence-corrected chi connectivity index (χ0v) is 14.6. The lowest BCUT2D eigenvalue weighted by Gasteiger charge is -2.27. The molecule has 1 aliphatic rings. The molecule has 0 aliphatic heterocycles. The first-order valence-electron chi connectivity index (χ1n) is 8.72. The Bertz CT molecular complexity index is 840. The van der Waals surface area contributed by atoms with Crippen LogP contribution in [0.1, 0.15) is 56.8 Å². The van der Waals surface area contributed by atoms with Crippen molar-refractivity contribution in [2.45, 2.75) is 51.0 Å². The molecule has 3 rings (SSSR count). The quantitative estimate of drug-likeness (QED) is 0.611. The summed E-state index contributed by atoms with van der Waals surface area (Å²) in [4.78, 5) is 28.4. The molecule has 0 N–H and O–H groups in total. The van der Waals surface area contributed by atoms with E-state index in [-0.39, 0.29) is 28.6 Å². The van der Waals surface area contributed by atoms with E-state index >= 15 is 0 Å².